The fraction of sp³-hybridized carbons (Fsp3) is 0.600. The fourth-order valence-corrected chi connectivity index (χ4v) is 2.21. The molecule has 0 amide bonds. The van der Waals surface area contributed by atoms with Gasteiger partial charge in [-0.15, -0.1) is 0 Å². The first-order chi connectivity index (χ1) is 8.69. The molecule has 3 heteroatoms. The lowest BCUT2D eigenvalue weighted by Gasteiger charge is -2.23. The molecule has 1 aromatic rings. The van der Waals surface area contributed by atoms with Crippen molar-refractivity contribution < 1.29 is 4.74 Å². The van der Waals surface area contributed by atoms with Crippen molar-refractivity contribution in [2.75, 3.05) is 34.3 Å². The van der Waals surface area contributed by atoms with Crippen LogP contribution >= 0.6 is 0 Å². The minimum Gasteiger partial charge on any atom is -0.497 e. The van der Waals surface area contributed by atoms with Gasteiger partial charge >= 0.3 is 0 Å². The van der Waals surface area contributed by atoms with E-state index in [-0.39, 0.29) is 0 Å². The predicted octanol–water partition coefficient (Wildman–Crippen LogP) is 2.37. The number of ether oxygens (including phenoxy) is 1. The van der Waals surface area contributed by atoms with Crippen LogP contribution in [0.3, 0.4) is 0 Å². The van der Waals surface area contributed by atoms with Crippen LogP contribution in [0.25, 0.3) is 0 Å². The van der Waals surface area contributed by atoms with Crippen LogP contribution in [0.1, 0.15) is 18.9 Å². The summed E-state index contributed by atoms with van der Waals surface area (Å²) in [4.78, 5) is 2.38. The van der Waals surface area contributed by atoms with E-state index in [2.05, 4.69) is 36.3 Å². The van der Waals surface area contributed by atoms with Crippen LogP contribution in [0.15, 0.2) is 24.3 Å². The minimum atomic E-state index is 0.714. The van der Waals surface area contributed by atoms with E-state index >= 15 is 0 Å². The number of benzene rings is 1. The lowest BCUT2D eigenvalue weighted by atomic mass is 10.1. The zero-order valence-electron chi connectivity index (χ0n) is 12.1. The summed E-state index contributed by atoms with van der Waals surface area (Å²) in [6.07, 6.45) is 1.21. The highest BCUT2D eigenvalue weighted by Crippen LogP contribution is 2.14. The van der Waals surface area contributed by atoms with E-state index in [1.54, 1.807) is 7.11 Å². The zero-order valence-corrected chi connectivity index (χ0v) is 12.1. The number of methoxy groups -OCH3 is 1. The molecule has 102 valence electrons. The summed E-state index contributed by atoms with van der Waals surface area (Å²) < 4.78 is 5.25. The zero-order chi connectivity index (χ0) is 13.4. The Bertz CT molecular complexity index is 341. The lowest BCUT2D eigenvalue weighted by Crippen LogP contribution is -2.30. The first-order valence-electron chi connectivity index (χ1n) is 6.65. The highest BCUT2D eigenvalue weighted by atomic mass is 16.5. The van der Waals surface area contributed by atoms with Crippen molar-refractivity contribution in [1.82, 2.24) is 10.2 Å². The Labute approximate surface area is 111 Å². The second-order valence-electron chi connectivity index (χ2n) is 4.88. The highest BCUT2D eigenvalue weighted by molar-refractivity contribution is 5.28. The molecular formula is C15H26N2O. The van der Waals surface area contributed by atoms with Crippen LogP contribution < -0.4 is 10.1 Å². The van der Waals surface area contributed by atoms with E-state index in [0.717, 1.165) is 25.4 Å². The molecule has 0 aliphatic carbocycles. The molecular weight excluding hydrogens is 224 g/mol. The van der Waals surface area contributed by atoms with Crippen LogP contribution in [0, 0.1) is 5.92 Å². The van der Waals surface area contributed by atoms with Gasteiger partial charge in [0.15, 0.2) is 0 Å². The third-order valence-corrected chi connectivity index (χ3v) is 3.23. The average molecular weight is 250 g/mol. The van der Waals surface area contributed by atoms with Crippen molar-refractivity contribution in [2.45, 2.75) is 19.9 Å². The molecule has 0 fully saturated rings. The van der Waals surface area contributed by atoms with Gasteiger partial charge in [-0.2, -0.15) is 0 Å². The van der Waals surface area contributed by atoms with E-state index in [4.69, 9.17) is 4.74 Å². The lowest BCUT2D eigenvalue weighted by molar-refractivity contribution is 0.261. The molecule has 1 unspecified atom stereocenters. The minimum absolute atomic E-state index is 0.714. The van der Waals surface area contributed by atoms with Gasteiger partial charge in [0.1, 0.15) is 5.75 Å². The van der Waals surface area contributed by atoms with Crippen LogP contribution in [0.4, 0.5) is 0 Å². The van der Waals surface area contributed by atoms with Gasteiger partial charge in [-0.1, -0.05) is 25.5 Å². The van der Waals surface area contributed by atoms with Crippen LogP contribution in [-0.4, -0.2) is 39.2 Å². The van der Waals surface area contributed by atoms with Gasteiger partial charge in [0.05, 0.1) is 7.11 Å². The third kappa shape index (κ3) is 5.07. The summed E-state index contributed by atoms with van der Waals surface area (Å²) in [7, 11) is 5.91. The molecule has 0 bridgehead atoms. The molecule has 1 rings (SSSR count). The van der Waals surface area contributed by atoms with E-state index in [1.807, 2.05) is 19.2 Å². The van der Waals surface area contributed by atoms with E-state index < -0.39 is 0 Å². The molecule has 0 aliphatic rings. The molecule has 0 saturated heterocycles. The topological polar surface area (TPSA) is 24.5 Å². The number of rotatable bonds is 8. The SMILES string of the molecule is CCC(CNC)CN(C)Cc1cccc(OC)c1. The maximum Gasteiger partial charge on any atom is 0.119 e. The van der Waals surface area contributed by atoms with E-state index in [0.29, 0.717) is 5.92 Å². The van der Waals surface area contributed by atoms with Gasteiger partial charge in [-0.3, -0.25) is 0 Å². The van der Waals surface area contributed by atoms with Gasteiger partial charge in [0, 0.05) is 13.1 Å². The second kappa shape index (κ2) is 8.11. The van der Waals surface area contributed by atoms with Crippen molar-refractivity contribution in [2.24, 2.45) is 5.92 Å². The van der Waals surface area contributed by atoms with Gasteiger partial charge in [0.2, 0.25) is 0 Å². The molecule has 1 N–H and O–H groups in total. The molecule has 1 atom stereocenters. The monoisotopic (exact) mass is 250 g/mol. The first kappa shape index (κ1) is 15.0. The van der Waals surface area contributed by atoms with Gasteiger partial charge in [0.25, 0.3) is 0 Å². The smallest absolute Gasteiger partial charge is 0.119 e. The maximum atomic E-state index is 5.25. The number of nitrogens with one attached hydrogen (secondary N) is 1. The normalized spacial score (nSPS) is 12.7. The third-order valence-electron chi connectivity index (χ3n) is 3.23. The Kier molecular flexibility index (Phi) is 6.76. The summed E-state index contributed by atoms with van der Waals surface area (Å²) in [5.74, 6) is 1.65. The van der Waals surface area contributed by atoms with Gasteiger partial charge < -0.3 is 15.0 Å². The molecule has 18 heavy (non-hydrogen) atoms. The van der Waals surface area contributed by atoms with Gasteiger partial charge in [-0.05, 0) is 44.3 Å². The van der Waals surface area contributed by atoms with Crippen molar-refractivity contribution in [3.8, 4) is 5.75 Å². The largest absolute Gasteiger partial charge is 0.497 e. The van der Waals surface area contributed by atoms with Crippen LogP contribution in [0.5, 0.6) is 5.75 Å². The molecule has 0 aromatic heterocycles. The Morgan fingerprint density at radius 1 is 1.39 bits per heavy atom. The van der Waals surface area contributed by atoms with Crippen LogP contribution in [-0.2, 0) is 6.54 Å². The van der Waals surface area contributed by atoms with E-state index in [1.165, 1.54) is 12.0 Å². The number of hydrogen-bond acceptors (Lipinski definition) is 3. The Morgan fingerprint density at radius 3 is 2.78 bits per heavy atom. The standard InChI is InChI=1S/C15H26N2O/c1-5-13(10-16-2)11-17(3)12-14-7-6-8-15(9-14)18-4/h6-9,13,16H,5,10-12H2,1-4H3. The maximum absolute atomic E-state index is 5.25. The highest BCUT2D eigenvalue weighted by Gasteiger charge is 2.09. The average Bonchev–Trinajstić information content (AvgIpc) is 2.38. The van der Waals surface area contributed by atoms with Crippen molar-refractivity contribution in [3.63, 3.8) is 0 Å². The summed E-state index contributed by atoms with van der Waals surface area (Å²) >= 11 is 0. The van der Waals surface area contributed by atoms with Crippen molar-refractivity contribution in [1.29, 1.82) is 0 Å². The Morgan fingerprint density at radius 2 is 2.17 bits per heavy atom. The molecule has 0 aliphatic heterocycles. The fourth-order valence-electron chi connectivity index (χ4n) is 2.21. The van der Waals surface area contributed by atoms with E-state index in [9.17, 15) is 0 Å². The first-order valence-corrected chi connectivity index (χ1v) is 6.65. The quantitative estimate of drug-likeness (QED) is 0.766. The van der Waals surface area contributed by atoms with Gasteiger partial charge in [-0.25, -0.2) is 0 Å². The molecule has 1 aromatic carbocycles. The van der Waals surface area contributed by atoms with Crippen LogP contribution in [0.2, 0.25) is 0 Å². The number of hydrogen-bond donors (Lipinski definition) is 1. The second-order valence-corrected chi connectivity index (χ2v) is 4.88. The predicted molar refractivity (Wildman–Crippen MR) is 77.0 cm³/mol. The summed E-state index contributed by atoms with van der Waals surface area (Å²) in [6.45, 7) is 5.42. The summed E-state index contributed by atoms with van der Waals surface area (Å²) in [5, 5.41) is 3.26. The summed E-state index contributed by atoms with van der Waals surface area (Å²) in [6, 6.07) is 8.29. The molecule has 0 saturated carbocycles. The molecule has 0 radical (unpaired) electrons. The molecule has 0 heterocycles. The molecule has 0 spiro atoms. The molecule has 3 nitrogen and oxygen atoms in total. The summed E-state index contributed by atoms with van der Waals surface area (Å²) in [5.41, 5.74) is 1.30. The Balaban J connectivity index is 2.49. The number of nitrogens with zero attached hydrogens (tertiary/aromatic N) is 1. The van der Waals surface area contributed by atoms with Crippen molar-refractivity contribution in [3.05, 3.63) is 29.8 Å². The van der Waals surface area contributed by atoms with Crippen molar-refractivity contribution >= 4 is 0 Å². The Hall–Kier alpha value is -1.06.